The zero-order valence-electron chi connectivity index (χ0n) is 12.0. The van der Waals surface area contributed by atoms with Crippen molar-refractivity contribution in [2.75, 3.05) is 14.1 Å². The molecule has 2 aromatic rings. The van der Waals surface area contributed by atoms with E-state index in [1.807, 2.05) is 32.0 Å². The van der Waals surface area contributed by atoms with Gasteiger partial charge in [-0.05, 0) is 27.1 Å². The van der Waals surface area contributed by atoms with Crippen molar-refractivity contribution in [2.45, 2.75) is 13.5 Å². The van der Waals surface area contributed by atoms with Crippen molar-refractivity contribution in [1.29, 1.82) is 5.26 Å². The summed E-state index contributed by atoms with van der Waals surface area (Å²) in [7, 11) is 3.89. The van der Waals surface area contributed by atoms with Crippen LogP contribution in [0, 0.1) is 28.4 Å². The second-order valence-corrected chi connectivity index (χ2v) is 4.99. The minimum atomic E-state index is -0.518. The van der Waals surface area contributed by atoms with Gasteiger partial charge in [0.15, 0.2) is 0 Å². The average Bonchev–Trinajstić information content (AvgIpc) is 2.78. The molecule has 0 saturated heterocycles. The average molecular weight is 285 g/mol. The number of benzene rings is 1. The number of imidazole rings is 1. The Morgan fingerprint density at radius 3 is 2.76 bits per heavy atom. The zero-order valence-corrected chi connectivity index (χ0v) is 12.0. The largest absolute Gasteiger partial charge is 0.342 e. The Morgan fingerprint density at radius 2 is 2.19 bits per heavy atom. The summed E-state index contributed by atoms with van der Waals surface area (Å²) in [5, 5.41) is 19.9. The summed E-state index contributed by atoms with van der Waals surface area (Å²) in [5.74, 6) is 0.552. The number of hydrogen-bond donors (Lipinski definition) is 1. The van der Waals surface area contributed by atoms with Crippen molar-refractivity contribution in [3.05, 3.63) is 45.3 Å². The molecule has 7 nitrogen and oxygen atoms in total. The summed E-state index contributed by atoms with van der Waals surface area (Å²) >= 11 is 0. The monoisotopic (exact) mass is 285 g/mol. The Balaban J connectivity index is 2.47. The molecule has 0 aliphatic carbocycles. The Morgan fingerprint density at radius 1 is 1.48 bits per heavy atom. The van der Waals surface area contributed by atoms with E-state index < -0.39 is 4.92 Å². The Labute approximate surface area is 122 Å². The molecule has 108 valence electrons. The van der Waals surface area contributed by atoms with Crippen LogP contribution >= 0.6 is 0 Å². The van der Waals surface area contributed by atoms with Gasteiger partial charge in [-0.3, -0.25) is 10.1 Å². The molecule has 2 rings (SSSR count). The van der Waals surface area contributed by atoms with Gasteiger partial charge in [0.05, 0.1) is 16.2 Å². The molecule has 0 aliphatic rings. The van der Waals surface area contributed by atoms with E-state index in [2.05, 4.69) is 9.97 Å². The van der Waals surface area contributed by atoms with Gasteiger partial charge in [-0.1, -0.05) is 0 Å². The van der Waals surface area contributed by atoms with Crippen LogP contribution in [0.3, 0.4) is 0 Å². The lowest BCUT2D eigenvalue weighted by molar-refractivity contribution is -0.384. The first-order valence-electron chi connectivity index (χ1n) is 6.31. The number of H-pyrrole nitrogens is 1. The maximum Gasteiger partial charge on any atom is 0.270 e. The standard InChI is InChI=1S/C14H15N5O2/c1-9-13(8-18(2)3)17-14(16-9)12-5-4-11(19(20)21)6-10(12)7-15/h4-6H,8H2,1-3H3,(H,16,17). The molecule has 0 atom stereocenters. The zero-order chi connectivity index (χ0) is 15.6. The first-order chi connectivity index (χ1) is 9.92. The van der Waals surface area contributed by atoms with Gasteiger partial charge in [-0.2, -0.15) is 5.26 Å². The van der Waals surface area contributed by atoms with E-state index in [1.165, 1.54) is 12.1 Å². The van der Waals surface area contributed by atoms with E-state index in [4.69, 9.17) is 0 Å². The first kappa shape index (κ1) is 14.7. The van der Waals surface area contributed by atoms with Gasteiger partial charge in [-0.15, -0.1) is 0 Å². The SMILES string of the molecule is Cc1[nH]c(-c2ccc([N+](=O)[O-])cc2C#N)nc1CN(C)C. The summed E-state index contributed by atoms with van der Waals surface area (Å²) in [6, 6.07) is 6.17. The topological polar surface area (TPSA) is 98.8 Å². The number of nitrogens with zero attached hydrogens (tertiary/aromatic N) is 4. The number of nitro benzene ring substituents is 1. The molecular formula is C14H15N5O2. The molecule has 0 unspecified atom stereocenters. The van der Waals surface area contributed by atoms with Crippen LogP contribution in [0.5, 0.6) is 0 Å². The van der Waals surface area contributed by atoms with Gasteiger partial charge in [-0.25, -0.2) is 4.98 Å². The van der Waals surface area contributed by atoms with Gasteiger partial charge < -0.3 is 9.88 Å². The minimum Gasteiger partial charge on any atom is -0.342 e. The van der Waals surface area contributed by atoms with Gasteiger partial charge in [0, 0.05) is 29.9 Å². The highest BCUT2D eigenvalue weighted by Crippen LogP contribution is 2.26. The lowest BCUT2D eigenvalue weighted by atomic mass is 10.1. The third kappa shape index (κ3) is 3.07. The maximum absolute atomic E-state index is 10.8. The summed E-state index contributed by atoms with van der Waals surface area (Å²) in [6.07, 6.45) is 0. The fraction of sp³-hybridized carbons (Fsp3) is 0.286. The Hall–Kier alpha value is -2.72. The molecule has 1 aromatic heterocycles. The molecular weight excluding hydrogens is 270 g/mol. The van der Waals surface area contributed by atoms with Crippen molar-refractivity contribution < 1.29 is 4.92 Å². The smallest absolute Gasteiger partial charge is 0.270 e. The van der Waals surface area contributed by atoms with Crippen LogP contribution in [-0.4, -0.2) is 33.9 Å². The number of nitrogens with one attached hydrogen (secondary N) is 1. The van der Waals surface area contributed by atoms with Gasteiger partial charge in [0.25, 0.3) is 5.69 Å². The molecule has 1 N–H and O–H groups in total. The number of aryl methyl sites for hydroxylation is 1. The van der Waals surface area contributed by atoms with Crippen molar-refractivity contribution in [3.63, 3.8) is 0 Å². The second-order valence-electron chi connectivity index (χ2n) is 4.99. The molecule has 0 saturated carbocycles. The summed E-state index contributed by atoms with van der Waals surface area (Å²) in [4.78, 5) is 19.9. The molecule has 1 aromatic carbocycles. The number of aromatic amines is 1. The van der Waals surface area contributed by atoms with E-state index in [1.54, 1.807) is 6.07 Å². The van der Waals surface area contributed by atoms with Crippen molar-refractivity contribution in [2.24, 2.45) is 0 Å². The molecule has 0 bridgehead atoms. The molecule has 0 aliphatic heterocycles. The van der Waals surface area contributed by atoms with E-state index in [-0.39, 0.29) is 11.3 Å². The quantitative estimate of drug-likeness (QED) is 0.686. The highest BCUT2D eigenvalue weighted by Gasteiger charge is 2.16. The molecule has 21 heavy (non-hydrogen) atoms. The fourth-order valence-electron chi connectivity index (χ4n) is 2.02. The maximum atomic E-state index is 10.8. The number of nitriles is 1. The van der Waals surface area contributed by atoms with Crippen LogP contribution in [-0.2, 0) is 6.54 Å². The van der Waals surface area contributed by atoms with Crippen LogP contribution in [0.25, 0.3) is 11.4 Å². The lowest BCUT2D eigenvalue weighted by Gasteiger charge is -2.06. The predicted molar refractivity (Wildman–Crippen MR) is 77.5 cm³/mol. The third-order valence-electron chi connectivity index (χ3n) is 3.04. The Bertz CT molecular complexity index is 727. The highest BCUT2D eigenvalue weighted by atomic mass is 16.6. The minimum absolute atomic E-state index is 0.105. The first-order valence-corrected chi connectivity index (χ1v) is 6.31. The molecule has 0 fully saturated rings. The molecule has 1 heterocycles. The van der Waals surface area contributed by atoms with Crippen LogP contribution < -0.4 is 0 Å². The van der Waals surface area contributed by atoms with Crippen LogP contribution in [0.2, 0.25) is 0 Å². The number of hydrogen-bond acceptors (Lipinski definition) is 5. The van der Waals surface area contributed by atoms with Crippen molar-refractivity contribution in [1.82, 2.24) is 14.9 Å². The normalized spacial score (nSPS) is 10.6. The van der Waals surface area contributed by atoms with Gasteiger partial charge >= 0.3 is 0 Å². The fourth-order valence-corrected chi connectivity index (χ4v) is 2.02. The van der Waals surface area contributed by atoms with Crippen molar-refractivity contribution >= 4 is 5.69 Å². The van der Waals surface area contributed by atoms with E-state index in [0.717, 1.165) is 11.4 Å². The van der Waals surface area contributed by atoms with Gasteiger partial charge in [0.2, 0.25) is 0 Å². The Kier molecular flexibility index (Phi) is 4.00. The van der Waals surface area contributed by atoms with Crippen LogP contribution in [0.15, 0.2) is 18.2 Å². The highest BCUT2D eigenvalue weighted by molar-refractivity contribution is 5.67. The molecule has 7 heteroatoms. The molecule has 0 spiro atoms. The second kappa shape index (κ2) is 5.73. The number of aromatic nitrogens is 2. The summed E-state index contributed by atoms with van der Waals surface area (Å²) in [5.41, 5.74) is 2.50. The van der Waals surface area contributed by atoms with Crippen molar-refractivity contribution in [3.8, 4) is 17.5 Å². The number of non-ortho nitro benzene ring substituents is 1. The number of nitro groups is 1. The van der Waals surface area contributed by atoms with Crippen LogP contribution in [0.1, 0.15) is 17.0 Å². The van der Waals surface area contributed by atoms with Crippen LogP contribution in [0.4, 0.5) is 5.69 Å². The molecule has 0 radical (unpaired) electrons. The predicted octanol–water partition coefficient (Wildman–Crippen LogP) is 2.23. The molecule has 0 amide bonds. The third-order valence-corrected chi connectivity index (χ3v) is 3.04. The van der Waals surface area contributed by atoms with E-state index in [9.17, 15) is 15.4 Å². The van der Waals surface area contributed by atoms with E-state index >= 15 is 0 Å². The number of rotatable bonds is 4. The summed E-state index contributed by atoms with van der Waals surface area (Å²) in [6.45, 7) is 2.59. The summed E-state index contributed by atoms with van der Waals surface area (Å²) < 4.78 is 0. The lowest BCUT2D eigenvalue weighted by Crippen LogP contribution is -2.11. The van der Waals surface area contributed by atoms with E-state index in [0.29, 0.717) is 17.9 Å². The van der Waals surface area contributed by atoms with Gasteiger partial charge in [0.1, 0.15) is 11.9 Å².